The number of anilines is 3. The van der Waals surface area contributed by atoms with Crippen molar-refractivity contribution in [1.82, 2.24) is 0 Å². The lowest BCUT2D eigenvalue weighted by Gasteiger charge is -2.14. The van der Waals surface area contributed by atoms with E-state index in [1.165, 1.54) is 54.6 Å². The maximum atomic E-state index is 13.0. The van der Waals surface area contributed by atoms with Gasteiger partial charge in [0.15, 0.2) is 0 Å². The van der Waals surface area contributed by atoms with E-state index in [1.54, 1.807) is 24.3 Å². The largest absolute Gasteiger partial charge is 0.494 e. The van der Waals surface area contributed by atoms with E-state index in [0.29, 0.717) is 0 Å². The number of unbranched alkanes of at least 4 members (excludes halogenated alkanes) is 2. The summed E-state index contributed by atoms with van der Waals surface area (Å²) in [5.41, 5.74) is 1.12. The molecule has 0 spiro atoms. The maximum absolute atomic E-state index is 13.0. The zero-order valence-corrected chi connectivity index (χ0v) is 31.1. The predicted octanol–water partition coefficient (Wildman–Crippen LogP) is 7.17. The number of benzene rings is 4. The van der Waals surface area contributed by atoms with Gasteiger partial charge in [0.2, 0.25) is 5.91 Å². The van der Waals surface area contributed by atoms with E-state index in [-0.39, 0.29) is 63.2 Å². The van der Waals surface area contributed by atoms with E-state index in [9.17, 15) is 41.4 Å². The van der Waals surface area contributed by atoms with Crippen LogP contribution in [-0.2, 0) is 37.7 Å². The number of amides is 1. The van der Waals surface area contributed by atoms with Crippen molar-refractivity contribution in [3.05, 3.63) is 107 Å². The SMILES string of the molecule is CCCCc1ccc(S(=O)(=O)Nc2ccc(NC(=O)CCCOc3ccc(NS(=O)(=O)c4ccc(CCCC)cc4)c(C(=O)O)c3)cc2C(=O)O)cc1. The number of carbonyl (C=O) groups is 3. The fourth-order valence-corrected chi connectivity index (χ4v) is 7.41. The lowest BCUT2D eigenvalue weighted by atomic mass is 10.1. The number of hydrogen-bond donors (Lipinski definition) is 5. The highest BCUT2D eigenvalue weighted by Crippen LogP contribution is 2.27. The molecule has 282 valence electrons. The van der Waals surface area contributed by atoms with E-state index in [4.69, 9.17) is 4.74 Å². The van der Waals surface area contributed by atoms with Gasteiger partial charge in [0, 0.05) is 12.1 Å². The van der Waals surface area contributed by atoms with Gasteiger partial charge in [-0.3, -0.25) is 14.2 Å². The molecular weight excluding hydrogens is 723 g/mol. The molecule has 4 aromatic carbocycles. The van der Waals surface area contributed by atoms with Gasteiger partial charge < -0.3 is 20.3 Å². The van der Waals surface area contributed by atoms with Crippen LogP contribution in [0.2, 0.25) is 0 Å². The normalized spacial score (nSPS) is 11.4. The van der Waals surface area contributed by atoms with Crippen molar-refractivity contribution in [1.29, 1.82) is 0 Å². The molecule has 0 radical (unpaired) electrons. The van der Waals surface area contributed by atoms with E-state index < -0.39 is 37.9 Å². The summed E-state index contributed by atoms with van der Waals surface area (Å²) in [5.74, 6) is -3.12. The topological polar surface area (TPSA) is 205 Å². The standard InChI is InChI=1S/C38H43N3O10S2/c1-3-5-8-26-11-17-30(18-12-26)52(47,48)40-34-21-15-28(24-32(34)37(43)44)39-36(42)10-7-23-51-29-16-22-35(33(25-29)38(45)46)41-53(49,50)31-19-13-27(14-20-31)9-6-4-2/h11-22,24-25,40-41H,3-10,23H2,1-2H3,(H,39,42)(H,43,44)(H,45,46). The number of carbonyl (C=O) groups excluding carboxylic acids is 1. The number of rotatable bonds is 20. The molecule has 15 heteroatoms. The monoisotopic (exact) mass is 765 g/mol. The Labute approximate surface area is 309 Å². The summed E-state index contributed by atoms with van der Waals surface area (Å²) in [6.07, 6.45) is 5.74. The molecule has 0 saturated heterocycles. The Balaban J connectivity index is 1.32. The number of carboxylic acids is 2. The summed E-state index contributed by atoms with van der Waals surface area (Å²) >= 11 is 0. The van der Waals surface area contributed by atoms with Gasteiger partial charge in [0.05, 0.1) is 38.9 Å². The summed E-state index contributed by atoms with van der Waals surface area (Å²) in [4.78, 5) is 36.6. The van der Waals surface area contributed by atoms with E-state index >= 15 is 0 Å². The van der Waals surface area contributed by atoms with Gasteiger partial charge >= 0.3 is 11.9 Å². The van der Waals surface area contributed by atoms with Crippen molar-refractivity contribution in [2.24, 2.45) is 0 Å². The average Bonchev–Trinajstić information content (AvgIpc) is 3.12. The first-order valence-electron chi connectivity index (χ1n) is 17.1. The first-order chi connectivity index (χ1) is 25.2. The molecular formula is C38H43N3O10S2. The number of nitrogens with one attached hydrogen (secondary N) is 3. The number of hydrogen-bond acceptors (Lipinski definition) is 8. The van der Waals surface area contributed by atoms with Crippen LogP contribution in [-0.4, -0.2) is 51.5 Å². The fourth-order valence-electron chi connectivity index (χ4n) is 5.25. The number of carboxylic acid groups (broad SMARTS) is 2. The summed E-state index contributed by atoms with van der Waals surface area (Å²) in [6.45, 7) is 4.13. The zero-order chi connectivity index (χ0) is 38.6. The van der Waals surface area contributed by atoms with Crippen molar-refractivity contribution < 1.29 is 46.2 Å². The van der Waals surface area contributed by atoms with Gasteiger partial charge in [0.25, 0.3) is 20.0 Å². The van der Waals surface area contributed by atoms with Crippen LogP contribution >= 0.6 is 0 Å². The molecule has 4 rings (SSSR count). The van der Waals surface area contributed by atoms with Crippen LogP contribution in [0.3, 0.4) is 0 Å². The lowest BCUT2D eigenvalue weighted by molar-refractivity contribution is -0.116. The van der Waals surface area contributed by atoms with Crippen LogP contribution in [0.25, 0.3) is 0 Å². The van der Waals surface area contributed by atoms with Gasteiger partial charge in [-0.1, -0.05) is 51.0 Å². The van der Waals surface area contributed by atoms with Gasteiger partial charge in [-0.05, 0) is 104 Å². The second-order valence-corrected chi connectivity index (χ2v) is 15.6. The highest BCUT2D eigenvalue weighted by atomic mass is 32.2. The van der Waals surface area contributed by atoms with Crippen molar-refractivity contribution >= 4 is 55.0 Å². The Morgan fingerprint density at radius 1 is 0.623 bits per heavy atom. The van der Waals surface area contributed by atoms with Gasteiger partial charge in [0.1, 0.15) is 5.75 Å². The van der Waals surface area contributed by atoms with Gasteiger partial charge in [-0.25, -0.2) is 26.4 Å². The molecule has 0 aromatic heterocycles. The molecule has 0 unspecified atom stereocenters. The van der Waals surface area contributed by atoms with Crippen molar-refractivity contribution in [3.8, 4) is 5.75 Å². The molecule has 0 aliphatic rings. The highest BCUT2D eigenvalue weighted by molar-refractivity contribution is 7.93. The summed E-state index contributed by atoms with van der Waals surface area (Å²) in [5, 5.41) is 22.1. The summed E-state index contributed by atoms with van der Waals surface area (Å²) < 4.78 is 62.2. The zero-order valence-electron chi connectivity index (χ0n) is 29.4. The number of aromatic carboxylic acids is 2. The molecule has 4 aromatic rings. The number of sulfonamides is 2. The van der Waals surface area contributed by atoms with Crippen molar-refractivity contribution in [2.75, 3.05) is 21.4 Å². The molecule has 13 nitrogen and oxygen atoms in total. The van der Waals surface area contributed by atoms with E-state index in [2.05, 4.69) is 28.6 Å². The second kappa shape index (κ2) is 18.4. The molecule has 0 saturated carbocycles. The Morgan fingerprint density at radius 2 is 1.09 bits per heavy atom. The van der Waals surface area contributed by atoms with Crippen LogP contribution in [0.5, 0.6) is 5.75 Å². The fraction of sp³-hybridized carbons (Fsp3) is 0.289. The van der Waals surface area contributed by atoms with E-state index in [1.807, 2.05) is 0 Å². The molecule has 0 aliphatic carbocycles. The van der Waals surface area contributed by atoms with Crippen LogP contribution in [0.1, 0.15) is 84.2 Å². The minimum atomic E-state index is -4.09. The number of aryl methyl sites for hydroxylation is 2. The molecule has 0 atom stereocenters. The molecule has 0 fully saturated rings. The third-order valence-electron chi connectivity index (χ3n) is 8.17. The Morgan fingerprint density at radius 3 is 1.57 bits per heavy atom. The molecule has 0 heterocycles. The van der Waals surface area contributed by atoms with Crippen molar-refractivity contribution in [3.63, 3.8) is 0 Å². The first-order valence-corrected chi connectivity index (χ1v) is 20.1. The average molecular weight is 766 g/mol. The number of ether oxygens (including phenoxy) is 1. The van der Waals surface area contributed by atoms with Crippen LogP contribution < -0.4 is 19.5 Å². The highest BCUT2D eigenvalue weighted by Gasteiger charge is 2.21. The third-order valence-corrected chi connectivity index (χ3v) is 10.9. The van der Waals surface area contributed by atoms with E-state index in [0.717, 1.165) is 55.7 Å². The second-order valence-electron chi connectivity index (χ2n) is 12.3. The molecule has 53 heavy (non-hydrogen) atoms. The van der Waals surface area contributed by atoms with Crippen molar-refractivity contribution in [2.45, 2.75) is 75.0 Å². The minimum Gasteiger partial charge on any atom is -0.494 e. The van der Waals surface area contributed by atoms with Gasteiger partial charge in [-0.2, -0.15) is 0 Å². The molecule has 0 bridgehead atoms. The molecule has 1 amide bonds. The lowest BCUT2D eigenvalue weighted by Crippen LogP contribution is -2.17. The quantitative estimate of drug-likeness (QED) is 0.0574. The molecule has 0 aliphatic heterocycles. The van der Waals surface area contributed by atoms with Crippen LogP contribution in [0.4, 0.5) is 17.1 Å². The first kappa shape index (κ1) is 40.4. The third kappa shape index (κ3) is 11.5. The maximum Gasteiger partial charge on any atom is 0.337 e. The Kier molecular flexibility index (Phi) is 14.0. The Hall–Kier alpha value is -5.41. The summed E-state index contributed by atoms with van der Waals surface area (Å²) in [6, 6.07) is 20.4. The van der Waals surface area contributed by atoms with Gasteiger partial charge in [-0.15, -0.1) is 0 Å². The molecule has 5 N–H and O–H groups in total. The predicted molar refractivity (Wildman–Crippen MR) is 202 cm³/mol. The Bertz CT molecular complexity index is 2140. The van der Waals surface area contributed by atoms with Crippen LogP contribution in [0, 0.1) is 0 Å². The summed E-state index contributed by atoms with van der Waals surface area (Å²) in [7, 11) is -8.16. The smallest absolute Gasteiger partial charge is 0.337 e. The minimum absolute atomic E-state index is 0.00259. The van der Waals surface area contributed by atoms with Crippen LogP contribution in [0.15, 0.2) is 94.7 Å².